The van der Waals surface area contributed by atoms with Crippen LogP contribution in [0.1, 0.15) is 37.0 Å². The highest BCUT2D eigenvalue weighted by Gasteiger charge is 2.51. The van der Waals surface area contributed by atoms with Crippen LogP contribution >= 0.6 is 0 Å². The molecule has 1 aliphatic rings. The predicted molar refractivity (Wildman–Crippen MR) is 148 cm³/mol. The number of hydrogen-bond acceptors (Lipinski definition) is 5. The minimum Gasteiger partial charge on any atom is -0.481 e. The Morgan fingerprint density at radius 2 is 1.56 bits per heavy atom. The van der Waals surface area contributed by atoms with E-state index in [0.29, 0.717) is 29.9 Å². The van der Waals surface area contributed by atoms with Crippen molar-refractivity contribution in [2.75, 3.05) is 5.32 Å². The number of rotatable bonds is 7. The molecule has 1 saturated carbocycles. The average Bonchev–Trinajstić information content (AvgIpc) is 3.71. The largest absolute Gasteiger partial charge is 0.481 e. The third kappa shape index (κ3) is 4.63. The van der Waals surface area contributed by atoms with Crippen molar-refractivity contribution in [3.05, 3.63) is 108 Å². The highest BCUT2D eigenvalue weighted by atomic mass is 16.6. The van der Waals surface area contributed by atoms with Crippen LogP contribution in [-0.4, -0.2) is 22.2 Å². The van der Waals surface area contributed by atoms with E-state index in [0.717, 1.165) is 33.2 Å². The van der Waals surface area contributed by atoms with E-state index in [-0.39, 0.29) is 0 Å². The number of pyridine rings is 1. The monoisotopic (exact) mass is 518 g/mol. The van der Waals surface area contributed by atoms with Crippen molar-refractivity contribution in [3.8, 4) is 22.5 Å². The average molecular weight is 519 g/mol. The number of nitrogens with one attached hydrogen (secondary N) is 1. The number of nitrogens with zero attached hydrogens (tertiary/aromatic N) is 1. The molecular weight excluding hydrogens is 492 g/mol. The summed E-state index contributed by atoms with van der Waals surface area (Å²) in [5.41, 5.74) is 4.82. The van der Waals surface area contributed by atoms with Crippen molar-refractivity contribution < 1.29 is 23.8 Å². The molecule has 7 heteroatoms. The van der Waals surface area contributed by atoms with Crippen LogP contribution in [0.15, 0.2) is 102 Å². The topological polar surface area (TPSA) is 102 Å². The first-order valence-corrected chi connectivity index (χ1v) is 12.8. The van der Waals surface area contributed by atoms with Gasteiger partial charge in [0.25, 0.3) is 0 Å². The molecule has 0 radical (unpaired) electrons. The lowest BCUT2D eigenvalue weighted by Crippen LogP contribution is -2.19. The number of carbonyl (C=O) groups excluding carboxylic acids is 1. The van der Waals surface area contributed by atoms with Crippen LogP contribution in [0, 0.1) is 0 Å². The van der Waals surface area contributed by atoms with Gasteiger partial charge in [-0.25, -0.2) is 4.79 Å². The fraction of sp³-hybridized carbons (Fsp3) is 0.156. The lowest BCUT2D eigenvalue weighted by Gasteiger charge is -2.14. The van der Waals surface area contributed by atoms with E-state index in [1.807, 2.05) is 85.8 Å². The summed E-state index contributed by atoms with van der Waals surface area (Å²) >= 11 is 0. The highest BCUT2D eigenvalue weighted by molar-refractivity contribution is 6.04. The summed E-state index contributed by atoms with van der Waals surface area (Å²) in [5, 5.41) is 13.2. The number of hydrogen-bond donors (Lipinski definition) is 2. The zero-order valence-corrected chi connectivity index (χ0v) is 21.3. The number of anilines is 1. The summed E-state index contributed by atoms with van der Waals surface area (Å²) < 4.78 is 11.8. The van der Waals surface area contributed by atoms with Crippen LogP contribution in [0.2, 0.25) is 0 Å². The summed E-state index contributed by atoms with van der Waals surface area (Å²) in [6.45, 7) is 1.82. The van der Waals surface area contributed by atoms with Gasteiger partial charge < -0.3 is 14.3 Å². The standard InChI is InChI=1S/C32H26N2O5/c1-20(21-5-3-2-4-6-21)38-31(37)34-28-26-15-18-33-19-27(26)39-29(28)24-9-7-22(8-10-24)23-11-13-25(14-12-23)32(16-17-32)30(35)36/h2-15,18-20H,16-17H2,1H3,(H,34,37)(H,35,36)/t20-/m1/s1. The van der Waals surface area contributed by atoms with Gasteiger partial charge in [-0.2, -0.15) is 0 Å². The number of fused-ring (bicyclic) bond motifs is 1. The Labute approximate surface area is 225 Å². The fourth-order valence-electron chi connectivity index (χ4n) is 4.91. The van der Waals surface area contributed by atoms with Crippen LogP contribution in [-0.2, 0) is 14.9 Å². The van der Waals surface area contributed by atoms with Crippen molar-refractivity contribution >= 4 is 28.7 Å². The molecule has 1 atom stereocenters. The first-order chi connectivity index (χ1) is 18.9. The minimum atomic E-state index is -0.761. The van der Waals surface area contributed by atoms with Gasteiger partial charge in [-0.05, 0) is 48.1 Å². The van der Waals surface area contributed by atoms with E-state index < -0.39 is 23.6 Å². The molecular formula is C32H26N2O5. The number of aliphatic carboxylic acids is 1. The Kier molecular flexibility index (Phi) is 6.11. The summed E-state index contributed by atoms with van der Waals surface area (Å²) in [4.78, 5) is 28.7. The number of benzene rings is 3. The van der Waals surface area contributed by atoms with Gasteiger partial charge in [-0.3, -0.25) is 15.1 Å². The van der Waals surface area contributed by atoms with Gasteiger partial charge in [0, 0.05) is 17.1 Å². The maximum atomic E-state index is 12.9. The first kappa shape index (κ1) is 24.4. The van der Waals surface area contributed by atoms with Gasteiger partial charge in [0.2, 0.25) is 0 Å². The van der Waals surface area contributed by atoms with Crippen LogP contribution < -0.4 is 5.32 Å². The number of carbonyl (C=O) groups is 2. The predicted octanol–water partition coefficient (Wildman–Crippen LogP) is 7.59. The fourth-order valence-corrected chi connectivity index (χ4v) is 4.91. The molecule has 6 rings (SSSR count). The lowest BCUT2D eigenvalue weighted by molar-refractivity contribution is -0.140. The number of furan rings is 1. The maximum Gasteiger partial charge on any atom is 0.412 e. The molecule has 0 bridgehead atoms. The van der Waals surface area contributed by atoms with Gasteiger partial charge >= 0.3 is 12.1 Å². The molecule has 7 nitrogen and oxygen atoms in total. The molecule has 39 heavy (non-hydrogen) atoms. The summed E-state index contributed by atoms with van der Waals surface area (Å²) in [6.07, 6.45) is 3.61. The van der Waals surface area contributed by atoms with E-state index in [9.17, 15) is 14.7 Å². The molecule has 1 aliphatic carbocycles. The summed E-state index contributed by atoms with van der Waals surface area (Å²) in [6, 6.07) is 26.8. The Morgan fingerprint density at radius 3 is 2.21 bits per heavy atom. The number of amides is 1. The number of carboxylic acid groups (broad SMARTS) is 1. The Bertz CT molecular complexity index is 1650. The van der Waals surface area contributed by atoms with Gasteiger partial charge in [-0.1, -0.05) is 78.9 Å². The molecule has 2 heterocycles. The molecule has 3 aromatic carbocycles. The third-order valence-corrected chi connectivity index (χ3v) is 7.35. The molecule has 0 spiro atoms. The lowest BCUT2D eigenvalue weighted by atomic mass is 9.93. The molecule has 2 aromatic heterocycles. The number of ether oxygens (including phenoxy) is 1. The summed E-state index contributed by atoms with van der Waals surface area (Å²) in [5.74, 6) is -0.259. The van der Waals surface area contributed by atoms with Gasteiger partial charge in [0.1, 0.15) is 6.10 Å². The van der Waals surface area contributed by atoms with Crippen molar-refractivity contribution in [2.24, 2.45) is 0 Å². The Hall–Kier alpha value is -4.91. The van der Waals surface area contributed by atoms with Crippen LogP contribution in [0.4, 0.5) is 10.5 Å². The van der Waals surface area contributed by atoms with E-state index in [4.69, 9.17) is 9.15 Å². The SMILES string of the molecule is C[C@@H](OC(=O)Nc1c(-c2ccc(-c3ccc(C4(C(=O)O)CC4)cc3)cc2)oc2cnccc12)c1ccccc1. The van der Waals surface area contributed by atoms with Crippen LogP contribution in [0.25, 0.3) is 33.4 Å². The van der Waals surface area contributed by atoms with Crippen molar-refractivity contribution in [1.29, 1.82) is 0 Å². The zero-order chi connectivity index (χ0) is 27.0. The normalized spacial score (nSPS) is 14.5. The van der Waals surface area contributed by atoms with Crippen molar-refractivity contribution in [3.63, 3.8) is 0 Å². The minimum absolute atomic E-state index is 0.426. The summed E-state index contributed by atoms with van der Waals surface area (Å²) in [7, 11) is 0. The van der Waals surface area contributed by atoms with E-state index in [2.05, 4.69) is 10.3 Å². The highest BCUT2D eigenvalue weighted by Crippen LogP contribution is 2.48. The van der Waals surface area contributed by atoms with Gasteiger partial charge in [0.05, 0.1) is 17.3 Å². The van der Waals surface area contributed by atoms with E-state index in [1.54, 1.807) is 18.5 Å². The zero-order valence-electron chi connectivity index (χ0n) is 21.3. The van der Waals surface area contributed by atoms with E-state index in [1.165, 1.54) is 0 Å². The Morgan fingerprint density at radius 1 is 0.923 bits per heavy atom. The first-order valence-electron chi connectivity index (χ1n) is 12.8. The molecule has 5 aromatic rings. The molecule has 0 aliphatic heterocycles. The third-order valence-electron chi connectivity index (χ3n) is 7.35. The second kappa shape index (κ2) is 9.76. The van der Waals surface area contributed by atoms with Gasteiger partial charge in [0.15, 0.2) is 11.3 Å². The van der Waals surface area contributed by atoms with E-state index >= 15 is 0 Å². The van der Waals surface area contributed by atoms with Gasteiger partial charge in [-0.15, -0.1) is 0 Å². The number of carboxylic acids is 1. The van der Waals surface area contributed by atoms with Crippen LogP contribution in [0.3, 0.4) is 0 Å². The van der Waals surface area contributed by atoms with Crippen LogP contribution in [0.5, 0.6) is 0 Å². The van der Waals surface area contributed by atoms with Crippen molar-refractivity contribution in [2.45, 2.75) is 31.3 Å². The molecule has 2 N–H and O–H groups in total. The second-order valence-corrected chi connectivity index (χ2v) is 9.80. The maximum absolute atomic E-state index is 12.9. The second-order valence-electron chi connectivity index (χ2n) is 9.80. The molecule has 194 valence electrons. The molecule has 1 fully saturated rings. The van der Waals surface area contributed by atoms with Crippen molar-refractivity contribution in [1.82, 2.24) is 4.98 Å². The smallest absolute Gasteiger partial charge is 0.412 e. The molecule has 1 amide bonds. The quantitative estimate of drug-likeness (QED) is 0.230. The number of aromatic nitrogens is 1. The Balaban J connectivity index is 1.25. The molecule has 0 unspecified atom stereocenters. The molecule has 0 saturated heterocycles.